The summed E-state index contributed by atoms with van der Waals surface area (Å²) in [7, 11) is 0. The van der Waals surface area contributed by atoms with Crippen molar-refractivity contribution in [3.05, 3.63) is 76.8 Å². The van der Waals surface area contributed by atoms with Crippen LogP contribution in [-0.2, 0) is 11.3 Å². The van der Waals surface area contributed by atoms with Crippen molar-refractivity contribution in [2.75, 3.05) is 32.7 Å². The molecular weight excluding hydrogens is 412 g/mol. The van der Waals surface area contributed by atoms with Crippen molar-refractivity contribution in [2.24, 2.45) is 5.10 Å². The van der Waals surface area contributed by atoms with E-state index >= 15 is 0 Å². The summed E-state index contributed by atoms with van der Waals surface area (Å²) in [4.78, 5) is 15.1. The van der Waals surface area contributed by atoms with Crippen LogP contribution in [0, 0.1) is 0 Å². The lowest BCUT2D eigenvalue weighted by atomic mass is 10.0. The summed E-state index contributed by atoms with van der Waals surface area (Å²) in [5, 5.41) is 17.0. The largest absolute Gasteiger partial charge is 0.507 e. The number of nitrogens with zero attached hydrogens (tertiary/aromatic N) is 1. The molecule has 7 heteroatoms. The van der Waals surface area contributed by atoms with Crippen LogP contribution in [0.5, 0.6) is 5.75 Å². The number of aromatic hydroxyl groups is 1. The number of benzene rings is 3. The molecule has 0 spiro atoms. The molecule has 0 unspecified atom stereocenters. The molecule has 0 bridgehead atoms. The first-order valence-corrected chi connectivity index (χ1v) is 10.9. The molecule has 0 atom stereocenters. The summed E-state index contributed by atoms with van der Waals surface area (Å²) >= 11 is 6.28. The smallest absolute Gasteiger partial charge is 0.295 e. The second-order valence-corrected chi connectivity index (χ2v) is 8.36. The number of nitrogens with one attached hydrogen (secondary N) is 3. The minimum Gasteiger partial charge on any atom is -0.507 e. The first-order valence-electron chi connectivity index (χ1n) is 10.5. The number of rotatable bonds is 6. The monoisotopic (exact) mass is 438 g/mol. The van der Waals surface area contributed by atoms with Crippen molar-refractivity contribution < 1.29 is 19.7 Å². The van der Waals surface area contributed by atoms with Crippen molar-refractivity contribution in [1.82, 2.24) is 5.43 Å². The fraction of sp³-hybridized carbons (Fsp3) is 0.250. The molecule has 6 nitrogen and oxygen atoms in total. The first-order chi connectivity index (χ1) is 15.1. The lowest BCUT2D eigenvalue weighted by molar-refractivity contribution is -1.02. The van der Waals surface area contributed by atoms with Crippen molar-refractivity contribution in [2.45, 2.75) is 6.54 Å². The zero-order chi connectivity index (χ0) is 21.6. The van der Waals surface area contributed by atoms with E-state index in [9.17, 15) is 9.90 Å². The van der Waals surface area contributed by atoms with Gasteiger partial charge in [0.1, 0.15) is 38.5 Å². The Kier molecular flexibility index (Phi) is 6.82. The molecule has 1 amide bonds. The number of hydrazone groups is 1. The van der Waals surface area contributed by atoms with E-state index in [-0.39, 0.29) is 11.7 Å². The lowest BCUT2D eigenvalue weighted by Gasteiger charge is -2.29. The minimum absolute atomic E-state index is 0.125. The van der Waals surface area contributed by atoms with Crippen LogP contribution in [0.15, 0.2) is 65.8 Å². The summed E-state index contributed by atoms with van der Waals surface area (Å²) < 4.78 is 0. The van der Waals surface area contributed by atoms with Gasteiger partial charge in [-0.05, 0) is 22.9 Å². The van der Waals surface area contributed by atoms with Gasteiger partial charge in [-0.3, -0.25) is 4.79 Å². The summed E-state index contributed by atoms with van der Waals surface area (Å²) in [5.41, 5.74) is 4.38. The molecule has 3 aromatic rings. The van der Waals surface area contributed by atoms with Gasteiger partial charge in [-0.15, -0.1) is 0 Å². The molecule has 0 saturated carbocycles. The van der Waals surface area contributed by atoms with Gasteiger partial charge in [-0.2, -0.15) is 5.10 Å². The summed E-state index contributed by atoms with van der Waals surface area (Å²) in [6, 6.07) is 19.2. The molecule has 3 aromatic carbocycles. The SMILES string of the molecule is O=C(C[NH+]1CC[NH+](Cc2ccccc2Cl)CC1)N/N=C/c1c(O)ccc2ccccc12. The fourth-order valence-corrected chi connectivity index (χ4v) is 4.28. The van der Waals surface area contributed by atoms with E-state index in [0.717, 1.165) is 48.5 Å². The maximum Gasteiger partial charge on any atom is 0.295 e. The van der Waals surface area contributed by atoms with Crippen LogP contribution in [0.1, 0.15) is 11.1 Å². The minimum atomic E-state index is -0.125. The third-order valence-corrected chi connectivity index (χ3v) is 6.17. The van der Waals surface area contributed by atoms with E-state index in [4.69, 9.17) is 11.6 Å². The Balaban J connectivity index is 1.27. The van der Waals surface area contributed by atoms with Gasteiger partial charge in [0.15, 0.2) is 6.54 Å². The predicted molar refractivity (Wildman–Crippen MR) is 123 cm³/mol. The third kappa shape index (κ3) is 5.41. The number of amides is 1. The van der Waals surface area contributed by atoms with E-state index in [1.165, 1.54) is 21.6 Å². The highest BCUT2D eigenvalue weighted by atomic mass is 35.5. The number of phenols is 1. The number of carbonyl (C=O) groups is 1. The number of carbonyl (C=O) groups excluding carboxylic acids is 1. The van der Waals surface area contributed by atoms with Crippen LogP contribution < -0.4 is 15.2 Å². The highest BCUT2D eigenvalue weighted by Gasteiger charge is 2.25. The number of hydrogen-bond acceptors (Lipinski definition) is 3. The number of phenolic OH excluding ortho intramolecular Hbond substituents is 1. The molecule has 1 fully saturated rings. The average molecular weight is 439 g/mol. The van der Waals surface area contributed by atoms with Crippen LogP contribution in [0.2, 0.25) is 5.02 Å². The maximum atomic E-state index is 12.3. The number of fused-ring (bicyclic) bond motifs is 1. The summed E-state index contributed by atoms with van der Waals surface area (Å²) in [6.45, 7) is 5.17. The molecule has 160 valence electrons. The van der Waals surface area contributed by atoms with Gasteiger partial charge in [-0.25, -0.2) is 5.43 Å². The molecule has 1 heterocycles. The molecule has 0 aliphatic carbocycles. The molecule has 1 aliphatic heterocycles. The van der Waals surface area contributed by atoms with Gasteiger partial charge in [0, 0.05) is 16.1 Å². The Hall–Kier alpha value is -2.93. The highest BCUT2D eigenvalue weighted by Crippen LogP contribution is 2.25. The summed E-state index contributed by atoms with van der Waals surface area (Å²) in [6.07, 6.45) is 1.51. The number of piperazine rings is 1. The third-order valence-electron chi connectivity index (χ3n) is 5.80. The van der Waals surface area contributed by atoms with Crippen LogP contribution in [-0.4, -0.2) is 50.0 Å². The highest BCUT2D eigenvalue weighted by molar-refractivity contribution is 6.31. The van der Waals surface area contributed by atoms with Crippen molar-refractivity contribution >= 4 is 34.5 Å². The molecule has 31 heavy (non-hydrogen) atoms. The van der Waals surface area contributed by atoms with Crippen LogP contribution in [0.3, 0.4) is 0 Å². The van der Waals surface area contributed by atoms with Gasteiger partial charge < -0.3 is 14.9 Å². The molecular formula is C24H27ClN4O2+2. The van der Waals surface area contributed by atoms with Crippen LogP contribution in [0.25, 0.3) is 10.8 Å². The van der Waals surface area contributed by atoms with Gasteiger partial charge >= 0.3 is 0 Å². The van der Waals surface area contributed by atoms with Crippen LogP contribution >= 0.6 is 11.6 Å². The van der Waals surface area contributed by atoms with Gasteiger partial charge in [0.25, 0.3) is 5.91 Å². The van der Waals surface area contributed by atoms with E-state index in [1.54, 1.807) is 6.07 Å². The molecule has 0 radical (unpaired) electrons. The predicted octanol–water partition coefficient (Wildman–Crippen LogP) is 0.633. The second kappa shape index (κ2) is 9.92. The quantitative estimate of drug-likeness (QED) is 0.337. The van der Waals surface area contributed by atoms with Gasteiger partial charge in [-0.1, -0.05) is 60.1 Å². The van der Waals surface area contributed by atoms with Gasteiger partial charge in [0.05, 0.1) is 6.21 Å². The Bertz CT molecular complexity index is 1090. The van der Waals surface area contributed by atoms with Crippen LogP contribution in [0.4, 0.5) is 0 Å². The Labute approximate surface area is 186 Å². The number of halogens is 1. The normalized spacial score (nSPS) is 19.0. The second-order valence-electron chi connectivity index (χ2n) is 7.96. The molecule has 0 aromatic heterocycles. The van der Waals surface area contributed by atoms with Gasteiger partial charge in [0.2, 0.25) is 0 Å². The zero-order valence-corrected chi connectivity index (χ0v) is 18.0. The van der Waals surface area contributed by atoms with E-state index in [1.807, 2.05) is 48.5 Å². The van der Waals surface area contributed by atoms with E-state index in [0.29, 0.717) is 12.1 Å². The Morgan fingerprint density at radius 2 is 1.71 bits per heavy atom. The molecule has 4 rings (SSSR count). The summed E-state index contributed by atoms with van der Waals surface area (Å²) in [5.74, 6) is 0.0143. The maximum absolute atomic E-state index is 12.3. The number of quaternary nitrogens is 2. The Morgan fingerprint density at radius 3 is 2.52 bits per heavy atom. The molecule has 4 N–H and O–H groups in total. The first kappa shape index (κ1) is 21.3. The Morgan fingerprint density at radius 1 is 1.00 bits per heavy atom. The number of hydrogen-bond donors (Lipinski definition) is 4. The zero-order valence-electron chi connectivity index (χ0n) is 17.3. The van der Waals surface area contributed by atoms with E-state index < -0.39 is 0 Å². The standard InChI is InChI=1S/C24H25ClN4O2/c25-22-8-4-2-6-19(22)16-28-11-13-29(14-12-28)17-24(31)27-26-15-21-20-7-3-1-5-18(20)9-10-23(21)30/h1-10,15,30H,11-14,16-17H2,(H,27,31)/p+2/b26-15+. The van der Waals surface area contributed by atoms with E-state index in [2.05, 4.69) is 16.6 Å². The lowest BCUT2D eigenvalue weighted by Crippen LogP contribution is -3.28. The van der Waals surface area contributed by atoms with Crippen molar-refractivity contribution in [1.29, 1.82) is 0 Å². The topological polar surface area (TPSA) is 70.6 Å². The average Bonchev–Trinajstić information content (AvgIpc) is 2.78. The fourth-order valence-electron chi connectivity index (χ4n) is 4.08. The van der Waals surface area contributed by atoms with Crippen molar-refractivity contribution in [3.63, 3.8) is 0 Å². The molecule has 1 aliphatic rings. The van der Waals surface area contributed by atoms with Crippen molar-refractivity contribution in [3.8, 4) is 5.75 Å². The molecule has 1 saturated heterocycles.